The molecule has 0 atom stereocenters. The van der Waals surface area contributed by atoms with Gasteiger partial charge in [-0.25, -0.2) is 0 Å². The Balaban J connectivity index is 2.71. The van der Waals surface area contributed by atoms with Gasteiger partial charge < -0.3 is 10.5 Å². The molecule has 0 aliphatic heterocycles. The van der Waals surface area contributed by atoms with Crippen LogP contribution in [0.15, 0.2) is 24.3 Å². The Bertz CT molecular complexity index is 240. The Labute approximate surface area is 62.6 Å². The number of ether oxygens (including phenoxy) is 1. The fraction of sp³-hybridized carbons (Fsp3) is 0.143. The predicted octanol–water partition coefficient (Wildman–Crippen LogP) is 2.97. The number of hydrogen-bond donors (Lipinski definition) is 0. The first-order valence-corrected chi connectivity index (χ1v) is 2.95. The van der Waals surface area contributed by atoms with Crippen LogP contribution in [0.5, 0.6) is 5.75 Å². The van der Waals surface area contributed by atoms with Gasteiger partial charge in [-0.15, -0.1) is 5.69 Å². The fourth-order valence-corrected chi connectivity index (χ4v) is 0.672. The van der Waals surface area contributed by atoms with E-state index in [-0.39, 0.29) is 11.4 Å². The second kappa shape index (κ2) is 3.18. The zero-order valence-electron chi connectivity index (χ0n) is 5.55. The largest absolute Gasteiger partial charge is 0.699 e. The van der Waals surface area contributed by atoms with E-state index in [0.717, 1.165) is 0 Å². The summed E-state index contributed by atoms with van der Waals surface area (Å²) in [6.45, 7) is -2.82. The number of halogens is 2. The third-order valence-corrected chi connectivity index (χ3v) is 1.06. The minimum absolute atomic E-state index is 0.0208. The summed E-state index contributed by atoms with van der Waals surface area (Å²) in [7, 11) is 0. The third-order valence-electron chi connectivity index (χ3n) is 1.06. The molecule has 0 heterocycles. The molecule has 60 valence electrons. The molecule has 0 aliphatic carbocycles. The minimum atomic E-state index is -2.82. The molecule has 0 amide bonds. The molecule has 0 aliphatic rings. The lowest BCUT2D eigenvalue weighted by molar-refractivity contribution is -0.0497. The SMILES string of the molecule is [NH-]c1cccc(OC(F)F)c1. The van der Waals surface area contributed by atoms with Crippen molar-refractivity contribution >= 4 is 5.69 Å². The van der Waals surface area contributed by atoms with Gasteiger partial charge >= 0.3 is 6.61 Å². The second-order valence-corrected chi connectivity index (χ2v) is 1.91. The lowest BCUT2D eigenvalue weighted by Crippen LogP contribution is -2.01. The lowest BCUT2D eigenvalue weighted by Gasteiger charge is -2.07. The molecule has 1 aromatic rings. The van der Waals surface area contributed by atoms with Gasteiger partial charge in [-0.2, -0.15) is 8.78 Å². The third kappa shape index (κ3) is 2.41. The maximum absolute atomic E-state index is 11.6. The molecule has 0 unspecified atom stereocenters. The van der Waals surface area contributed by atoms with E-state index in [1.54, 1.807) is 0 Å². The standard InChI is InChI=1S/C7H6F2NO/c8-7(9)11-6-3-1-2-5(10)4-6/h1-4,7,10H/q-1. The molecule has 0 aromatic heterocycles. The van der Waals surface area contributed by atoms with Crippen molar-refractivity contribution in [1.29, 1.82) is 0 Å². The number of nitrogens with one attached hydrogen (secondary N) is 1. The highest BCUT2D eigenvalue weighted by molar-refractivity contribution is 5.47. The summed E-state index contributed by atoms with van der Waals surface area (Å²) >= 11 is 0. The van der Waals surface area contributed by atoms with Crippen molar-refractivity contribution in [2.75, 3.05) is 0 Å². The van der Waals surface area contributed by atoms with E-state index >= 15 is 0 Å². The molecule has 2 nitrogen and oxygen atoms in total. The van der Waals surface area contributed by atoms with Crippen molar-refractivity contribution in [3.05, 3.63) is 30.0 Å². The van der Waals surface area contributed by atoms with Gasteiger partial charge in [-0.05, 0) is 12.1 Å². The van der Waals surface area contributed by atoms with Crippen LogP contribution in [0.3, 0.4) is 0 Å². The molecule has 0 saturated heterocycles. The van der Waals surface area contributed by atoms with Crippen LogP contribution in [0.1, 0.15) is 0 Å². The topological polar surface area (TPSA) is 33.0 Å². The Kier molecular flexibility index (Phi) is 2.25. The fourth-order valence-electron chi connectivity index (χ4n) is 0.672. The van der Waals surface area contributed by atoms with Crippen molar-refractivity contribution in [1.82, 2.24) is 0 Å². The summed E-state index contributed by atoms with van der Waals surface area (Å²) in [6.07, 6.45) is 0. The van der Waals surface area contributed by atoms with E-state index in [2.05, 4.69) is 4.74 Å². The maximum atomic E-state index is 11.6. The quantitative estimate of drug-likeness (QED) is 0.651. The molecule has 0 bridgehead atoms. The van der Waals surface area contributed by atoms with Gasteiger partial charge in [-0.1, -0.05) is 12.1 Å². The summed E-state index contributed by atoms with van der Waals surface area (Å²) in [5.74, 6) is 0.0208. The van der Waals surface area contributed by atoms with Crippen molar-refractivity contribution in [3.63, 3.8) is 0 Å². The first kappa shape index (κ1) is 7.78. The molecular weight excluding hydrogens is 152 g/mol. The average Bonchev–Trinajstić information content (AvgIpc) is 1.85. The van der Waals surface area contributed by atoms with E-state index in [1.807, 2.05) is 0 Å². The maximum Gasteiger partial charge on any atom is 0.387 e. The summed E-state index contributed by atoms with van der Waals surface area (Å²) in [4.78, 5) is 0. The molecule has 0 saturated carbocycles. The molecule has 1 N–H and O–H groups in total. The number of benzene rings is 1. The predicted molar refractivity (Wildman–Crippen MR) is 37.1 cm³/mol. The summed E-state index contributed by atoms with van der Waals surface area (Å²) in [6, 6.07) is 5.58. The Morgan fingerprint density at radius 1 is 1.36 bits per heavy atom. The van der Waals surface area contributed by atoms with Gasteiger partial charge in [0.1, 0.15) is 5.75 Å². The van der Waals surface area contributed by atoms with E-state index < -0.39 is 6.61 Å². The van der Waals surface area contributed by atoms with Gasteiger partial charge in [0.15, 0.2) is 0 Å². The van der Waals surface area contributed by atoms with Crippen molar-refractivity contribution in [2.45, 2.75) is 6.61 Å². The van der Waals surface area contributed by atoms with Crippen LogP contribution in [0.2, 0.25) is 0 Å². The van der Waals surface area contributed by atoms with Crippen molar-refractivity contribution in [3.8, 4) is 5.75 Å². The Hall–Kier alpha value is -1.32. The van der Waals surface area contributed by atoms with Crippen molar-refractivity contribution < 1.29 is 13.5 Å². The van der Waals surface area contributed by atoms with Gasteiger partial charge in [-0.3, -0.25) is 0 Å². The zero-order chi connectivity index (χ0) is 8.27. The van der Waals surface area contributed by atoms with E-state index in [9.17, 15) is 8.78 Å². The first-order valence-electron chi connectivity index (χ1n) is 2.95. The molecule has 1 rings (SSSR count). The summed E-state index contributed by atoms with van der Waals surface area (Å²) < 4.78 is 27.2. The molecule has 11 heavy (non-hydrogen) atoms. The van der Waals surface area contributed by atoms with Gasteiger partial charge in [0, 0.05) is 0 Å². The summed E-state index contributed by atoms with van der Waals surface area (Å²) in [5, 5.41) is 0. The van der Waals surface area contributed by atoms with Crippen LogP contribution in [-0.4, -0.2) is 6.61 Å². The molecule has 1 aromatic carbocycles. The van der Waals surface area contributed by atoms with Gasteiger partial charge in [0.25, 0.3) is 0 Å². The van der Waals surface area contributed by atoms with Crippen LogP contribution >= 0.6 is 0 Å². The monoisotopic (exact) mass is 158 g/mol. The number of alkyl halides is 2. The highest BCUT2D eigenvalue weighted by Gasteiger charge is 2.01. The van der Waals surface area contributed by atoms with Crippen LogP contribution in [0.25, 0.3) is 5.73 Å². The zero-order valence-corrected chi connectivity index (χ0v) is 5.55. The lowest BCUT2D eigenvalue weighted by atomic mass is 10.3. The Morgan fingerprint density at radius 3 is 2.64 bits per heavy atom. The van der Waals surface area contributed by atoms with Crippen LogP contribution in [0.4, 0.5) is 14.5 Å². The van der Waals surface area contributed by atoms with Crippen LogP contribution in [-0.2, 0) is 0 Å². The van der Waals surface area contributed by atoms with E-state index in [1.165, 1.54) is 24.3 Å². The second-order valence-electron chi connectivity index (χ2n) is 1.91. The summed E-state index contributed by atoms with van der Waals surface area (Å²) in [5.41, 5.74) is 7.21. The molecule has 0 spiro atoms. The van der Waals surface area contributed by atoms with Crippen LogP contribution < -0.4 is 4.74 Å². The minimum Gasteiger partial charge on any atom is -0.699 e. The average molecular weight is 158 g/mol. The van der Waals surface area contributed by atoms with Crippen LogP contribution in [0, 0.1) is 0 Å². The number of hydrogen-bond acceptors (Lipinski definition) is 1. The molecule has 0 fully saturated rings. The Morgan fingerprint density at radius 2 is 2.09 bits per heavy atom. The van der Waals surface area contributed by atoms with E-state index in [4.69, 9.17) is 5.73 Å². The molecule has 0 radical (unpaired) electrons. The molecular formula is C7H6F2NO-. The normalized spacial score (nSPS) is 10.1. The number of rotatable bonds is 2. The van der Waals surface area contributed by atoms with E-state index in [0.29, 0.717) is 0 Å². The molecule has 4 heteroatoms. The highest BCUT2D eigenvalue weighted by Crippen LogP contribution is 2.19. The van der Waals surface area contributed by atoms with Gasteiger partial charge in [0.05, 0.1) is 0 Å². The smallest absolute Gasteiger partial charge is 0.387 e. The van der Waals surface area contributed by atoms with Crippen molar-refractivity contribution in [2.24, 2.45) is 0 Å². The first-order chi connectivity index (χ1) is 5.18. The highest BCUT2D eigenvalue weighted by atomic mass is 19.3. The van der Waals surface area contributed by atoms with Gasteiger partial charge in [0.2, 0.25) is 0 Å².